The number of amides is 2. The molecule has 0 spiro atoms. The van der Waals surface area contributed by atoms with Crippen molar-refractivity contribution in [1.82, 2.24) is 9.80 Å². The molecule has 188 valence electrons. The molecule has 1 unspecified atom stereocenters. The van der Waals surface area contributed by atoms with Gasteiger partial charge in [0.05, 0.1) is 20.3 Å². The van der Waals surface area contributed by atoms with Crippen molar-refractivity contribution >= 4 is 23.2 Å². The molecular weight excluding hydrogens is 476 g/mol. The Kier molecular flexibility index (Phi) is 8.28. The van der Waals surface area contributed by atoms with Crippen molar-refractivity contribution in [2.24, 2.45) is 0 Å². The number of ether oxygens (including phenoxy) is 3. The molecule has 2 heterocycles. The van der Waals surface area contributed by atoms with E-state index in [2.05, 4.69) is 18.0 Å². The second-order valence-corrected chi connectivity index (χ2v) is 9.35. The van der Waals surface area contributed by atoms with Crippen molar-refractivity contribution in [2.45, 2.75) is 12.5 Å². The average molecular weight is 507 g/mol. The highest BCUT2D eigenvalue weighted by Crippen LogP contribution is 2.34. The first-order valence-corrected chi connectivity index (χ1v) is 12.6. The van der Waals surface area contributed by atoms with E-state index >= 15 is 0 Å². The molecule has 2 amide bonds. The smallest absolute Gasteiger partial charge is 0.254 e. The van der Waals surface area contributed by atoms with Crippen LogP contribution in [0.3, 0.4) is 0 Å². The molecule has 7 nitrogen and oxygen atoms in total. The fourth-order valence-electron chi connectivity index (χ4n) is 4.29. The second kappa shape index (κ2) is 11.8. The van der Waals surface area contributed by atoms with Gasteiger partial charge in [-0.3, -0.25) is 9.59 Å². The van der Waals surface area contributed by atoms with Crippen LogP contribution in [0.5, 0.6) is 17.2 Å². The van der Waals surface area contributed by atoms with Crippen molar-refractivity contribution in [2.75, 3.05) is 40.5 Å². The molecule has 0 bridgehead atoms. The lowest BCUT2D eigenvalue weighted by Gasteiger charge is -2.37. The van der Waals surface area contributed by atoms with Crippen molar-refractivity contribution in [3.63, 3.8) is 0 Å². The van der Waals surface area contributed by atoms with Crippen LogP contribution in [0.4, 0.5) is 0 Å². The summed E-state index contributed by atoms with van der Waals surface area (Å²) < 4.78 is 16.6. The van der Waals surface area contributed by atoms with Crippen molar-refractivity contribution in [3.05, 3.63) is 88.6 Å². The second-order valence-electron chi connectivity index (χ2n) is 8.34. The van der Waals surface area contributed by atoms with Gasteiger partial charge in [-0.25, -0.2) is 0 Å². The number of hydrogen-bond donors (Lipinski definition) is 0. The number of hydrogen-bond acceptors (Lipinski definition) is 6. The number of thiophene rings is 1. The molecule has 0 saturated carbocycles. The van der Waals surface area contributed by atoms with Crippen LogP contribution in [0, 0.1) is 0 Å². The van der Waals surface area contributed by atoms with E-state index in [1.807, 2.05) is 29.2 Å². The van der Waals surface area contributed by atoms with Gasteiger partial charge in [0.1, 0.15) is 30.4 Å². The van der Waals surface area contributed by atoms with E-state index in [-0.39, 0.29) is 30.9 Å². The van der Waals surface area contributed by atoms with Gasteiger partial charge >= 0.3 is 0 Å². The summed E-state index contributed by atoms with van der Waals surface area (Å²) in [7, 11) is 3.19. The molecule has 1 aromatic heterocycles. The first-order chi connectivity index (χ1) is 17.5. The van der Waals surface area contributed by atoms with E-state index < -0.39 is 0 Å². The van der Waals surface area contributed by atoms with Gasteiger partial charge in [0.15, 0.2) is 0 Å². The molecule has 3 aromatic rings. The standard InChI is InChI=1S/C28H30N2O5S/c1-4-14-29(28(32)20-8-10-21(33-2)11-9-20)18-27(31)30-15-12-26-24(13-16-36-26)25(30)19-35-23-7-5-6-22(17-23)34-3/h4-11,13,16-17,25H,1,12,14-15,18-19H2,2-3H3. The summed E-state index contributed by atoms with van der Waals surface area (Å²) in [6.45, 7) is 4.85. The van der Waals surface area contributed by atoms with Crippen molar-refractivity contribution < 1.29 is 23.8 Å². The fourth-order valence-corrected chi connectivity index (χ4v) is 5.21. The highest BCUT2D eigenvalue weighted by Gasteiger charge is 2.33. The first-order valence-electron chi connectivity index (χ1n) is 11.7. The van der Waals surface area contributed by atoms with E-state index in [1.165, 1.54) is 9.78 Å². The van der Waals surface area contributed by atoms with Crippen molar-refractivity contribution in [1.29, 1.82) is 0 Å². The van der Waals surface area contributed by atoms with Crippen LogP contribution < -0.4 is 14.2 Å². The number of carbonyl (C=O) groups is 2. The quantitative estimate of drug-likeness (QED) is 0.376. The predicted octanol–water partition coefficient (Wildman–Crippen LogP) is 4.60. The number of benzene rings is 2. The third-order valence-electron chi connectivity index (χ3n) is 6.16. The summed E-state index contributed by atoms with van der Waals surface area (Å²) in [4.78, 5) is 31.4. The lowest BCUT2D eigenvalue weighted by molar-refractivity contribution is -0.135. The summed E-state index contributed by atoms with van der Waals surface area (Å²) >= 11 is 1.70. The largest absolute Gasteiger partial charge is 0.497 e. The molecule has 0 N–H and O–H groups in total. The zero-order valence-electron chi connectivity index (χ0n) is 20.5. The lowest BCUT2D eigenvalue weighted by atomic mass is 10.0. The summed E-state index contributed by atoms with van der Waals surface area (Å²) in [5.74, 6) is 1.68. The first kappa shape index (κ1) is 25.3. The van der Waals surface area contributed by atoms with Gasteiger partial charge in [0.2, 0.25) is 5.91 Å². The Morgan fingerprint density at radius 3 is 2.56 bits per heavy atom. The Labute approximate surface area is 215 Å². The zero-order chi connectivity index (χ0) is 25.5. The van der Waals surface area contributed by atoms with Gasteiger partial charge in [-0.05, 0) is 59.8 Å². The van der Waals surface area contributed by atoms with Crippen LogP contribution in [-0.4, -0.2) is 62.1 Å². The van der Waals surface area contributed by atoms with Crippen LogP contribution in [0.1, 0.15) is 26.8 Å². The van der Waals surface area contributed by atoms with Gasteiger partial charge in [-0.15, -0.1) is 17.9 Å². The molecule has 1 atom stereocenters. The summed E-state index contributed by atoms with van der Waals surface area (Å²) in [5, 5.41) is 2.05. The SMILES string of the molecule is C=CCN(CC(=O)N1CCc2sccc2C1COc1cccc(OC)c1)C(=O)c1ccc(OC)cc1. The van der Waals surface area contributed by atoms with Crippen LogP contribution in [0.25, 0.3) is 0 Å². The van der Waals surface area contributed by atoms with Gasteiger partial charge in [-0.1, -0.05) is 12.1 Å². The Hall–Kier alpha value is -3.78. The molecule has 4 rings (SSSR count). The monoisotopic (exact) mass is 506 g/mol. The summed E-state index contributed by atoms with van der Waals surface area (Å²) in [6, 6.07) is 16.1. The molecule has 0 aliphatic carbocycles. The van der Waals surface area contributed by atoms with Gasteiger partial charge in [-0.2, -0.15) is 0 Å². The van der Waals surface area contributed by atoms with Crippen molar-refractivity contribution in [3.8, 4) is 17.2 Å². The maximum Gasteiger partial charge on any atom is 0.254 e. The summed E-state index contributed by atoms with van der Waals surface area (Å²) in [6.07, 6.45) is 2.41. The third kappa shape index (κ3) is 5.71. The van der Waals surface area contributed by atoms with Gasteiger partial charge in [0, 0.05) is 29.6 Å². The van der Waals surface area contributed by atoms with E-state index in [1.54, 1.807) is 55.9 Å². The van der Waals surface area contributed by atoms with Gasteiger partial charge in [0.25, 0.3) is 5.91 Å². The Morgan fingerprint density at radius 2 is 1.83 bits per heavy atom. The topological polar surface area (TPSA) is 68.3 Å². The minimum Gasteiger partial charge on any atom is -0.497 e. The Bertz CT molecular complexity index is 1210. The maximum absolute atomic E-state index is 13.6. The highest BCUT2D eigenvalue weighted by atomic mass is 32.1. The fraction of sp³-hybridized carbons (Fsp3) is 0.286. The van der Waals surface area contributed by atoms with E-state index in [0.717, 1.165) is 12.0 Å². The number of rotatable bonds is 10. The highest BCUT2D eigenvalue weighted by molar-refractivity contribution is 7.10. The van der Waals surface area contributed by atoms with Crippen LogP contribution >= 0.6 is 11.3 Å². The number of carbonyl (C=O) groups excluding carboxylic acids is 2. The van der Waals surface area contributed by atoms with Crippen LogP contribution in [0.2, 0.25) is 0 Å². The maximum atomic E-state index is 13.6. The Morgan fingerprint density at radius 1 is 1.08 bits per heavy atom. The predicted molar refractivity (Wildman–Crippen MR) is 140 cm³/mol. The van der Waals surface area contributed by atoms with Crippen LogP contribution in [0.15, 0.2) is 72.6 Å². The van der Waals surface area contributed by atoms with Crippen LogP contribution in [-0.2, 0) is 11.2 Å². The molecule has 2 aromatic carbocycles. The number of fused-ring (bicyclic) bond motifs is 1. The number of nitrogens with zero attached hydrogens (tertiary/aromatic N) is 2. The number of methoxy groups -OCH3 is 2. The molecular formula is C28H30N2O5S. The van der Waals surface area contributed by atoms with E-state index in [9.17, 15) is 9.59 Å². The summed E-state index contributed by atoms with van der Waals surface area (Å²) in [5.41, 5.74) is 1.58. The minimum absolute atomic E-state index is 0.0496. The zero-order valence-corrected chi connectivity index (χ0v) is 21.3. The molecule has 0 fully saturated rings. The van der Waals surface area contributed by atoms with E-state index in [0.29, 0.717) is 36.0 Å². The third-order valence-corrected chi connectivity index (χ3v) is 7.16. The lowest BCUT2D eigenvalue weighted by Crippen LogP contribution is -2.47. The normalized spacial score (nSPS) is 14.5. The molecule has 0 radical (unpaired) electrons. The molecule has 0 saturated heterocycles. The van der Waals surface area contributed by atoms with Gasteiger partial charge < -0.3 is 24.0 Å². The van der Waals surface area contributed by atoms with E-state index in [4.69, 9.17) is 14.2 Å². The molecule has 8 heteroatoms. The molecule has 1 aliphatic heterocycles. The minimum atomic E-state index is -0.250. The molecule has 36 heavy (non-hydrogen) atoms. The molecule has 1 aliphatic rings. The Balaban J connectivity index is 1.51. The average Bonchev–Trinajstić information content (AvgIpc) is 3.40.